The molecule has 3 N–H and O–H groups in total. The van der Waals surface area contributed by atoms with Gasteiger partial charge in [-0.1, -0.05) is 55.2 Å². The smallest absolute Gasteiger partial charge is 0.218 e. The molecule has 6 rings (SSSR count). The highest BCUT2D eigenvalue weighted by Crippen LogP contribution is 2.33. The number of hydrogen-bond donors (Lipinski definition) is 3. The number of sulfonamides is 2. The first kappa shape index (κ1) is 56.9. The van der Waals surface area contributed by atoms with E-state index in [0.29, 0.717) is 48.6 Å². The molecule has 0 spiro atoms. The molecule has 2 unspecified atom stereocenters. The van der Waals surface area contributed by atoms with Crippen molar-refractivity contribution in [1.82, 2.24) is 29.0 Å². The Kier molecular flexibility index (Phi) is 21.9. The molecular weight excluding hydrogens is 979 g/mol. The highest BCUT2D eigenvalue weighted by atomic mass is 35.5. The molecule has 0 aliphatic rings. The summed E-state index contributed by atoms with van der Waals surface area (Å²) in [5.74, 6) is 2.49. The predicted octanol–water partition coefficient (Wildman–Crippen LogP) is 11.2. The summed E-state index contributed by atoms with van der Waals surface area (Å²) in [6.07, 6.45) is -0.532. The van der Waals surface area contributed by atoms with Crippen LogP contribution in [0.15, 0.2) is 109 Å². The standard InChI is InChI=1S/C24H31N3O4S.C24H29N3O4S.CH2Cl2.CH5P/c2*1-6-27-23(31-21-13-11-18(12-14-21)17(3)28)16-22(25-27)19-9-8-10-20(15-19)24(4,5)26-32(29,30)7-2;2-1-3;1-2/h8-17,26,28H,6-7H2,1-5H3;8-16,26H,6-7H2,1-5H3;1H2;2H2,1H3/i;;;1D. The van der Waals surface area contributed by atoms with Crippen molar-refractivity contribution >= 4 is 58.3 Å². The summed E-state index contributed by atoms with van der Waals surface area (Å²) in [6.45, 7) is 19.4. The van der Waals surface area contributed by atoms with Crippen molar-refractivity contribution < 1.29 is 37.6 Å². The Morgan fingerprint density at radius 2 is 1.07 bits per heavy atom. The Balaban J connectivity index is 0.000000333. The Hall–Kier alpha value is -4.64. The van der Waals surface area contributed by atoms with E-state index < -0.39 is 37.2 Å². The maximum atomic E-state index is 12.1. The number of aromatic nitrogens is 4. The van der Waals surface area contributed by atoms with Crippen molar-refractivity contribution in [2.75, 3.05) is 23.5 Å². The summed E-state index contributed by atoms with van der Waals surface area (Å²) in [4.78, 5) is 11.5. The third kappa shape index (κ3) is 17.3. The number of hydrogen-bond acceptors (Lipinski definition) is 10. The fourth-order valence-corrected chi connectivity index (χ4v) is 8.77. The number of benzene rings is 4. The molecule has 0 aliphatic carbocycles. The van der Waals surface area contributed by atoms with Crippen LogP contribution in [0.5, 0.6) is 23.3 Å². The van der Waals surface area contributed by atoms with Gasteiger partial charge in [0.2, 0.25) is 31.8 Å². The van der Waals surface area contributed by atoms with E-state index in [1.54, 1.807) is 54.4 Å². The molecule has 4 aromatic carbocycles. The molecule has 376 valence electrons. The first-order valence-electron chi connectivity index (χ1n) is 22.9. The molecule has 0 saturated heterocycles. The van der Waals surface area contributed by atoms with Crippen molar-refractivity contribution in [3.63, 3.8) is 0 Å². The van der Waals surface area contributed by atoms with Gasteiger partial charge in [-0.15, -0.1) is 32.4 Å². The molecule has 19 heteroatoms. The number of carbonyl (C=O) groups excluding carboxylic acids is 1. The first-order chi connectivity index (χ1) is 32.9. The van der Waals surface area contributed by atoms with Crippen LogP contribution in [-0.2, 0) is 44.2 Å². The quantitative estimate of drug-likeness (QED) is 0.0425. The maximum Gasteiger partial charge on any atom is 0.218 e. The molecule has 14 nitrogen and oxygen atoms in total. The van der Waals surface area contributed by atoms with Gasteiger partial charge in [0.05, 0.1) is 45.4 Å². The van der Waals surface area contributed by atoms with Gasteiger partial charge in [0, 0.05) is 43.3 Å². The predicted molar refractivity (Wildman–Crippen MR) is 284 cm³/mol. The molecule has 2 aromatic heterocycles. The van der Waals surface area contributed by atoms with Gasteiger partial charge in [0.15, 0.2) is 5.78 Å². The van der Waals surface area contributed by atoms with Crippen molar-refractivity contribution in [1.29, 1.82) is 0 Å². The van der Waals surface area contributed by atoms with Crippen LogP contribution in [0.3, 0.4) is 0 Å². The lowest BCUT2D eigenvalue weighted by Gasteiger charge is -2.26. The lowest BCUT2D eigenvalue weighted by atomic mass is 9.93. The Morgan fingerprint density at radius 1 is 0.710 bits per heavy atom. The van der Waals surface area contributed by atoms with Crippen LogP contribution < -0.4 is 18.9 Å². The number of aliphatic hydroxyl groups is 1. The number of ketones is 1. The van der Waals surface area contributed by atoms with E-state index in [-0.39, 0.29) is 22.6 Å². The van der Waals surface area contributed by atoms with E-state index in [2.05, 4.69) is 28.9 Å². The second kappa shape index (κ2) is 26.5. The highest BCUT2D eigenvalue weighted by Gasteiger charge is 2.28. The summed E-state index contributed by atoms with van der Waals surface area (Å²) >= 11 is 9.53. The fourth-order valence-electron chi connectivity index (χ4n) is 6.69. The lowest BCUT2D eigenvalue weighted by molar-refractivity contribution is 0.101. The molecule has 0 aliphatic heterocycles. The molecule has 0 fully saturated rings. The van der Waals surface area contributed by atoms with E-state index in [1.807, 2.05) is 126 Å². The number of aryl methyl sites for hydroxylation is 2. The van der Waals surface area contributed by atoms with E-state index in [4.69, 9.17) is 34.0 Å². The monoisotopic (exact) mass is 1050 g/mol. The van der Waals surface area contributed by atoms with Crippen LogP contribution in [0.4, 0.5) is 0 Å². The van der Waals surface area contributed by atoms with Crippen LogP contribution >= 0.6 is 32.4 Å². The van der Waals surface area contributed by atoms with E-state index >= 15 is 0 Å². The second-order valence-corrected chi connectivity index (χ2v) is 21.3. The molecule has 0 bridgehead atoms. The number of aliphatic hydroxyl groups excluding tert-OH is 1. The third-order valence-corrected chi connectivity index (χ3v) is 13.7. The highest BCUT2D eigenvalue weighted by molar-refractivity contribution is 7.89. The summed E-state index contributed by atoms with van der Waals surface area (Å²) in [6, 6.07) is 33.3. The number of nitrogens with one attached hydrogen (secondary N) is 2. The summed E-state index contributed by atoms with van der Waals surface area (Å²) < 4.78 is 75.7. The molecule has 2 atom stereocenters. The van der Waals surface area contributed by atoms with Crippen molar-refractivity contribution in [3.8, 4) is 45.8 Å². The Labute approximate surface area is 422 Å². The summed E-state index contributed by atoms with van der Waals surface area (Å²) in [5, 5.41) is 19.2. The summed E-state index contributed by atoms with van der Waals surface area (Å²) in [5.41, 5.74) is 4.77. The molecule has 6 aromatic rings. The zero-order chi connectivity index (χ0) is 52.5. The third-order valence-electron chi connectivity index (χ3n) is 10.5. The molecule has 69 heavy (non-hydrogen) atoms. The van der Waals surface area contributed by atoms with Gasteiger partial charge in [-0.3, -0.25) is 4.79 Å². The zero-order valence-electron chi connectivity index (χ0n) is 42.0. The van der Waals surface area contributed by atoms with Crippen LogP contribution in [0.1, 0.15) is 104 Å². The van der Waals surface area contributed by atoms with Crippen LogP contribution in [0, 0.1) is 0 Å². The maximum absolute atomic E-state index is 12.1. The molecule has 0 saturated carbocycles. The van der Waals surface area contributed by atoms with E-state index in [0.717, 1.165) is 39.2 Å². The SMILES string of the molecule is CCn1nc(-c2cccc(C(C)(C)NS(=O)(=O)CC)c2)cc1Oc1ccc(C(C)=O)cc1.CCn1nc(-c2cccc(C(C)(C)NS(=O)(=O)CC)c2)cc1Oc1ccc(C(C)O)cc1.ClCCl.[2H]CP. The van der Waals surface area contributed by atoms with Crippen molar-refractivity contribution in [3.05, 3.63) is 131 Å². The van der Waals surface area contributed by atoms with Crippen molar-refractivity contribution in [2.24, 2.45) is 0 Å². The number of nitrogens with zero attached hydrogens (tertiary/aromatic N) is 4. The zero-order valence-corrected chi connectivity index (χ0v) is 45.3. The topological polar surface area (TPSA) is 184 Å². The number of alkyl halides is 2. The van der Waals surface area contributed by atoms with Crippen molar-refractivity contribution in [2.45, 2.75) is 99.5 Å². The van der Waals surface area contributed by atoms with Gasteiger partial charge in [-0.05, 0) is 134 Å². The van der Waals surface area contributed by atoms with Crippen LogP contribution in [0.2, 0.25) is 0 Å². The number of halogens is 2. The molecule has 2 heterocycles. The van der Waals surface area contributed by atoms with Gasteiger partial charge in [-0.2, -0.15) is 10.2 Å². The minimum Gasteiger partial charge on any atom is -0.439 e. The lowest BCUT2D eigenvalue weighted by Crippen LogP contribution is -2.41. The fraction of sp³-hybridized carbons (Fsp3) is 0.380. The normalized spacial score (nSPS) is 12.2. The van der Waals surface area contributed by atoms with E-state index in [9.17, 15) is 26.7 Å². The number of carbonyl (C=O) groups is 1. The number of rotatable bonds is 18. The molecule has 0 radical (unpaired) electrons. The Morgan fingerprint density at radius 3 is 1.39 bits per heavy atom. The average Bonchev–Trinajstić information content (AvgIpc) is 3.93. The number of Topliss-reactive ketones (excluding diaryl/α,β-unsaturated/α-hetero) is 1. The van der Waals surface area contributed by atoms with Crippen LogP contribution in [-0.4, -0.2) is 70.8 Å². The molecular formula is C50H67Cl2N6O8PS2. The van der Waals surface area contributed by atoms with Gasteiger partial charge in [-0.25, -0.2) is 35.6 Å². The van der Waals surface area contributed by atoms with Gasteiger partial charge < -0.3 is 14.6 Å². The Bertz CT molecular complexity index is 2820. The van der Waals surface area contributed by atoms with Gasteiger partial charge in [0.25, 0.3) is 0 Å². The minimum atomic E-state index is -3.36. The van der Waals surface area contributed by atoms with Crippen LogP contribution in [0.25, 0.3) is 22.5 Å². The molecule has 0 amide bonds. The average molecular weight is 1050 g/mol. The van der Waals surface area contributed by atoms with Gasteiger partial charge >= 0.3 is 0 Å². The van der Waals surface area contributed by atoms with E-state index in [1.165, 1.54) is 6.92 Å². The largest absolute Gasteiger partial charge is 0.439 e. The minimum absolute atomic E-state index is 0.00136. The summed E-state index contributed by atoms with van der Waals surface area (Å²) in [7, 11) is -4.48. The second-order valence-electron chi connectivity index (χ2n) is 16.4. The van der Waals surface area contributed by atoms with Gasteiger partial charge in [0.1, 0.15) is 11.5 Å². The first-order valence-corrected chi connectivity index (χ1v) is 27.4. The number of ether oxygens (including phenoxy) is 2.